The molecule has 1 atom stereocenters. The Hall–Kier alpha value is -1.88. The summed E-state index contributed by atoms with van der Waals surface area (Å²) in [6.07, 6.45) is 12.3. The second-order valence-corrected chi connectivity index (χ2v) is 7.49. The van der Waals surface area contributed by atoms with Gasteiger partial charge in [-0.3, -0.25) is 4.90 Å². The summed E-state index contributed by atoms with van der Waals surface area (Å²) in [6, 6.07) is 2.80. The fourth-order valence-electron chi connectivity index (χ4n) is 4.64. The number of rotatable bonds is 5. The molecular formula is C19H27N5. The lowest BCUT2D eigenvalue weighted by Crippen LogP contribution is -2.52. The number of hydrogen-bond donors (Lipinski definition) is 1. The van der Waals surface area contributed by atoms with Crippen LogP contribution in [0.15, 0.2) is 31.2 Å². The van der Waals surface area contributed by atoms with Gasteiger partial charge in [-0.05, 0) is 32.3 Å². The van der Waals surface area contributed by atoms with Gasteiger partial charge >= 0.3 is 0 Å². The first kappa shape index (κ1) is 15.6. The summed E-state index contributed by atoms with van der Waals surface area (Å²) in [4.78, 5) is 17.2. The van der Waals surface area contributed by atoms with Gasteiger partial charge in [-0.2, -0.15) is 0 Å². The van der Waals surface area contributed by atoms with Crippen molar-refractivity contribution in [3.63, 3.8) is 0 Å². The molecule has 3 heterocycles. The molecule has 5 nitrogen and oxygen atoms in total. The first-order valence-electron chi connectivity index (χ1n) is 9.12. The lowest BCUT2D eigenvalue weighted by Gasteiger charge is -2.42. The van der Waals surface area contributed by atoms with E-state index in [0.717, 1.165) is 36.5 Å². The molecule has 2 aromatic heterocycles. The van der Waals surface area contributed by atoms with Crippen molar-refractivity contribution in [3.8, 4) is 0 Å². The van der Waals surface area contributed by atoms with Crippen molar-refractivity contribution in [1.29, 1.82) is 0 Å². The van der Waals surface area contributed by atoms with Crippen molar-refractivity contribution >= 4 is 16.9 Å². The molecule has 0 aromatic carbocycles. The smallest absolute Gasteiger partial charge is 0.142 e. The zero-order valence-electron chi connectivity index (χ0n) is 14.5. The van der Waals surface area contributed by atoms with Crippen LogP contribution in [0, 0.1) is 0 Å². The molecule has 1 saturated carbocycles. The molecule has 0 radical (unpaired) electrons. The number of fused-ring (bicyclic) bond motifs is 1. The van der Waals surface area contributed by atoms with Gasteiger partial charge in [0, 0.05) is 37.4 Å². The van der Waals surface area contributed by atoms with Crippen LogP contribution in [0.5, 0.6) is 0 Å². The van der Waals surface area contributed by atoms with E-state index in [2.05, 4.69) is 50.4 Å². The summed E-state index contributed by atoms with van der Waals surface area (Å²) in [5.41, 5.74) is 1.11. The van der Waals surface area contributed by atoms with E-state index in [4.69, 9.17) is 0 Å². The number of aromatic nitrogens is 3. The van der Waals surface area contributed by atoms with Crippen molar-refractivity contribution in [2.24, 2.45) is 0 Å². The normalized spacial score (nSPS) is 25.2. The summed E-state index contributed by atoms with van der Waals surface area (Å²) in [5.74, 6) is 1.06. The molecule has 0 amide bonds. The van der Waals surface area contributed by atoms with Crippen LogP contribution in [0.25, 0.3) is 11.0 Å². The molecule has 4 rings (SSSR count). The van der Waals surface area contributed by atoms with Gasteiger partial charge in [0.1, 0.15) is 17.8 Å². The zero-order chi connectivity index (χ0) is 16.6. The van der Waals surface area contributed by atoms with E-state index in [-0.39, 0.29) is 5.54 Å². The maximum absolute atomic E-state index is 4.59. The lowest BCUT2D eigenvalue weighted by molar-refractivity contribution is 0.0869. The Morgan fingerprint density at radius 2 is 2.25 bits per heavy atom. The van der Waals surface area contributed by atoms with Crippen molar-refractivity contribution in [1.82, 2.24) is 19.9 Å². The van der Waals surface area contributed by atoms with Crippen LogP contribution in [0.2, 0.25) is 0 Å². The highest BCUT2D eigenvalue weighted by Gasteiger charge is 2.42. The molecule has 2 fully saturated rings. The largest absolute Gasteiger partial charge is 0.354 e. The standard InChI is InChI=1S/C19H27N5/c1-3-11-24(15-6-4-5-7-15)19(2)9-12-23(13-19)18-16-8-10-20-17(16)21-14-22-18/h3,8,10,14-15H,1,4-7,9,11-13H2,2H3,(H,20,21,22)/t19-/m1/s1. The highest BCUT2D eigenvalue weighted by atomic mass is 15.3. The molecular weight excluding hydrogens is 298 g/mol. The molecule has 24 heavy (non-hydrogen) atoms. The van der Waals surface area contributed by atoms with Gasteiger partial charge in [-0.1, -0.05) is 18.9 Å². The zero-order valence-corrected chi connectivity index (χ0v) is 14.5. The minimum Gasteiger partial charge on any atom is -0.354 e. The number of nitrogens with zero attached hydrogens (tertiary/aromatic N) is 4. The predicted octanol–water partition coefficient (Wildman–Crippen LogP) is 3.36. The van der Waals surface area contributed by atoms with Gasteiger partial charge in [-0.15, -0.1) is 6.58 Å². The summed E-state index contributed by atoms with van der Waals surface area (Å²) >= 11 is 0. The number of anilines is 1. The maximum atomic E-state index is 4.59. The molecule has 1 saturated heterocycles. The molecule has 1 aliphatic heterocycles. The van der Waals surface area contributed by atoms with Crippen LogP contribution < -0.4 is 4.90 Å². The molecule has 128 valence electrons. The summed E-state index contributed by atoms with van der Waals surface area (Å²) in [5, 5.41) is 1.12. The molecule has 0 unspecified atom stereocenters. The van der Waals surface area contributed by atoms with Crippen LogP contribution in [0.3, 0.4) is 0 Å². The first-order chi connectivity index (χ1) is 11.7. The lowest BCUT2D eigenvalue weighted by atomic mass is 9.95. The first-order valence-corrected chi connectivity index (χ1v) is 9.12. The Kier molecular flexibility index (Phi) is 4.04. The van der Waals surface area contributed by atoms with Crippen LogP contribution in [-0.2, 0) is 0 Å². The SMILES string of the molecule is C=CCN(C1CCCC1)[C@]1(C)CCN(c2ncnc3[nH]ccc23)C1. The number of hydrogen-bond acceptors (Lipinski definition) is 4. The van der Waals surface area contributed by atoms with Gasteiger partial charge < -0.3 is 9.88 Å². The second kappa shape index (κ2) is 6.20. The second-order valence-electron chi connectivity index (χ2n) is 7.49. The van der Waals surface area contributed by atoms with Gasteiger partial charge in [0.2, 0.25) is 0 Å². The minimum atomic E-state index is 0.191. The van der Waals surface area contributed by atoms with Crippen molar-refractivity contribution in [3.05, 3.63) is 31.2 Å². The third kappa shape index (κ3) is 2.61. The monoisotopic (exact) mass is 325 g/mol. The van der Waals surface area contributed by atoms with Crippen LogP contribution in [0.4, 0.5) is 5.82 Å². The molecule has 5 heteroatoms. The topological polar surface area (TPSA) is 48.1 Å². The van der Waals surface area contributed by atoms with Crippen molar-refractivity contribution < 1.29 is 0 Å². The quantitative estimate of drug-likeness (QED) is 0.857. The van der Waals surface area contributed by atoms with Gasteiger partial charge in [0.25, 0.3) is 0 Å². The Morgan fingerprint density at radius 1 is 1.42 bits per heavy atom. The van der Waals surface area contributed by atoms with E-state index in [1.807, 2.05) is 6.20 Å². The Labute approximate surface area is 143 Å². The summed E-state index contributed by atoms with van der Waals surface area (Å²) < 4.78 is 0. The molecule has 0 bridgehead atoms. The number of H-pyrrole nitrogens is 1. The molecule has 2 aromatic rings. The molecule has 0 spiro atoms. The molecule has 2 aliphatic rings. The van der Waals surface area contributed by atoms with E-state index >= 15 is 0 Å². The van der Waals surface area contributed by atoms with Crippen LogP contribution in [0.1, 0.15) is 39.0 Å². The van der Waals surface area contributed by atoms with E-state index < -0.39 is 0 Å². The van der Waals surface area contributed by atoms with Crippen LogP contribution in [-0.4, -0.2) is 51.1 Å². The van der Waals surface area contributed by atoms with E-state index in [1.54, 1.807) is 6.33 Å². The molecule has 1 aliphatic carbocycles. The van der Waals surface area contributed by atoms with Crippen molar-refractivity contribution in [2.45, 2.75) is 50.6 Å². The minimum absolute atomic E-state index is 0.191. The Bertz CT molecular complexity index is 717. The van der Waals surface area contributed by atoms with E-state index in [9.17, 15) is 0 Å². The highest BCUT2D eigenvalue weighted by molar-refractivity contribution is 5.87. The fraction of sp³-hybridized carbons (Fsp3) is 0.579. The maximum Gasteiger partial charge on any atom is 0.142 e. The summed E-state index contributed by atoms with van der Waals surface area (Å²) in [7, 11) is 0. The van der Waals surface area contributed by atoms with E-state index in [1.165, 1.54) is 32.1 Å². The van der Waals surface area contributed by atoms with E-state index in [0.29, 0.717) is 6.04 Å². The third-order valence-corrected chi connectivity index (χ3v) is 5.87. The van der Waals surface area contributed by atoms with Gasteiger partial charge in [0.05, 0.1) is 5.39 Å². The number of aromatic amines is 1. The fourth-order valence-corrected chi connectivity index (χ4v) is 4.64. The van der Waals surface area contributed by atoms with Gasteiger partial charge in [0.15, 0.2) is 0 Å². The average Bonchev–Trinajstić information content (AvgIpc) is 3.32. The summed E-state index contributed by atoms with van der Waals surface area (Å²) in [6.45, 7) is 9.48. The average molecular weight is 325 g/mol. The number of nitrogens with one attached hydrogen (secondary N) is 1. The Balaban J connectivity index is 1.59. The third-order valence-electron chi connectivity index (χ3n) is 5.87. The van der Waals surface area contributed by atoms with Gasteiger partial charge in [-0.25, -0.2) is 9.97 Å². The van der Waals surface area contributed by atoms with Crippen LogP contribution >= 0.6 is 0 Å². The predicted molar refractivity (Wildman–Crippen MR) is 98.3 cm³/mol. The molecule has 1 N–H and O–H groups in total. The van der Waals surface area contributed by atoms with Crippen molar-refractivity contribution in [2.75, 3.05) is 24.5 Å². The Morgan fingerprint density at radius 3 is 3.04 bits per heavy atom. The highest BCUT2D eigenvalue weighted by Crippen LogP contribution is 2.37.